The number of halogens is 2. The van der Waals surface area contributed by atoms with Crippen molar-refractivity contribution in [1.82, 2.24) is 4.31 Å². The lowest BCUT2D eigenvalue weighted by Gasteiger charge is -2.26. The third kappa shape index (κ3) is 4.20. The Morgan fingerprint density at radius 3 is 2.42 bits per heavy atom. The Kier molecular flexibility index (Phi) is 5.87. The highest BCUT2D eigenvalue weighted by Gasteiger charge is 2.26. The van der Waals surface area contributed by atoms with Crippen LogP contribution in [0, 0.1) is 0 Å². The van der Waals surface area contributed by atoms with Crippen molar-refractivity contribution in [3.05, 3.63) is 58.1 Å². The molecule has 0 spiro atoms. The number of anilines is 1. The molecule has 1 saturated heterocycles. The van der Waals surface area contributed by atoms with E-state index < -0.39 is 15.9 Å². The van der Waals surface area contributed by atoms with Gasteiger partial charge in [-0.05, 0) is 49.2 Å². The van der Waals surface area contributed by atoms with Gasteiger partial charge in [-0.3, -0.25) is 4.79 Å². The molecule has 0 bridgehead atoms. The van der Waals surface area contributed by atoms with E-state index in [0.717, 1.165) is 19.3 Å². The van der Waals surface area contributed by atoms with Gasteiger partial charge in [-0.25, -0.2) is 8.42 Å². The number of rotatable bonds is 4. The van der Waals surface area contributed by atoms with E-state index >= 15 is 0 Å². The smallest absolute Gasteiger partial charge is 0.257 e. The van der Waals surface area contributed by atoms with Gasteiger partial charge in [0.05, 0.1) is 15.5 Å². The minimum Gasteiger partial charge on any atom is -0.322 e. The van der Waals surface area contributed by atoms with Gasteiger partial charge < -0.3 is 5.32 Å². The second-order valence-corrected chi connectivity index (χ2v) is 8.85. The molecule has 0 aromatic heterocycles. The molecule has 0 aliphatic carbocycles. The number of nitrogens with zero attached hydrogens (tertiary/aromatic N) is 1. The quantitative estimate of drug-likeness (QED) is 0.807. The topological polar surface area (TPSA) is 66.5 Å². The van der Waals surface area contributed by atoms with Crippen LogP contribution in [-0.2, 0) is 10.0 Å². The van der Waals surface area contributed by atoms with Crippen molar-refractivity contribution in [1.29, 1.82) is 0 Å². The lowest BCUT2D eigenvalue weighted by molar-refractivity contribution is 0.102. The lowest BCUT2D eigenvalue weighted by atomic mass is 10.2. The molecule has 1 aliphatic rings. The fraction of sp³-hybridized carbons (Fsp3) is 0.278. The molecule has 0 atom stereocenters. The summed E-state index contributed by atoms with van der Waals surface area (Å²) in [7, 11) is -3.56. The Bertz CT molecular complexity index is 926. The van der Waals surface area contributed by atoms with Crippen molar-refractivity contribution in [3.8, 4) is 0 Å². The van der Waals surface area contributed by atoms with Crippen LogP contribution in [0.25, 0.3) is 0 Å². The van der Waals surface area contributed by atoms with E-state index in [1.807, 2.05) is 0 Å². The molecule has 5 nitrogen and oxygen atoms in total. The molecule has 26 heavy (non-hydrogen) atoms. The summed E-state index contributed by atoms with van der Waals surface area (Å²) in [5.41, 5.74) is 0.652. The molecule has 0 unspecified atom stereocenters. The predicted molar refractivity (Wildman–Crippen MR) is 103 cm³/mol. The molecule has 1 N–H and O–H groups in total. The minimum atomic E-state index is -3.56. The fourth-order valence-corrected chi connectivity index (χ4v) is 4.92. The van der Waals surface area contributed by atoms with E-state index in [-0.39, 0.29) is 15.5 Å². The number of piperidine rings is 1. The number of benzene rings is 2. The van der Waals surface area contributed by atoms with Crippen molar-refractivity contribution in [2.24, 2.45) is 0 Å². The molecule has 1 aliphatic heterocycles. The summed E-state index contributed by atoms with van der Waals surface area (Å²) >= 11 is 11.9. The van der Waals surface area contributed by atoms with Crippen LogP contribution >= 0.6 is 23.2 Å². The number of hydrogen-bond donors (Lipinski definition) is 1. The largest absolute Gasteiger partial charge is 0.322 e. The van der Waals surface area contributed by atoms with Crippen LogP contribution in [0.4, 0.5) is 5.69 Å². The number of hydrogen-bond acceptors (Lipinski definition) is 3. The van der Waals surface area contributed by atoms with Gasteiger partial charge >= 0.3 is 0 Å². The third-order valence-electron chi connectivity index (χ3n) is 4.22. The third-order valence-corrected chi connectivity index (χ3v) is 6.66. The Balaban J connectivity index is 1.82. The average molecular weight is 413 g/mol. The van der Waals surface area contributed by atoms with Gasteiger partial charge in [0, 0.05) is 23.8 Å². The molecular weight excluding hydrogens is 395 g/mol. The Labute approximate surface area is 163 Å². The summed E-state index contributed by atoms with van der Waals surface area (Å²) in [6, 6.07) is 10.8. The standard InChI is InChI=1S/C18H18Cl2N2O3S/c19-13-7-8-16(17(20)11-13)18(23)21-14-5-4-6-15(12-14)26(24,25)22-9-2-1-3-10-22/h4-8,11-12H,1-3,9-10H2,(H,21,23). The molecule has 1 heterocycles. The maximum atomic E-state index is 12.8. The second-order valence-electron chi connectivity index (χ2n) is 6.07. The maximum Gasteiger partial charge on any atom is 0.257 e. The molecular formula is C18H18Cl2N2O3S. The molecule has 1 amide bonds. The monoisotopic (exact) mass is 412 g/mol. The predicted octanol–water partition coefficient (Wildman–Crippen LogP) is 4.42. The summed E-state index contributed by atoms with van der Waals surface area (Å²) in [4.78, 5) is 12.6. The summed E-state index contributed by atoms with van der Waals surface area (Å²) in [5, 5.41) is 3.34. The van der Waals surface area contributed by atoms with Crippen LogP contribution in [0.1, 0.15) is 29.6 Å². The molecule has 1 fully saturated rings. The molecule has 0 saturated carbocycles. The molecule has 3 rings (SSSR count). The van der Waals surface area contributed by atoms with Crippen LogP contribution in [0.2, 0.25) is 10.0 Å². The molecule has 2 aromatic carbocycles. The summed E-state index contributed by atoms with van der Waals surface area (Å²) < 4.78 is 27.0. The van der Waals surface area contributed by atoms with Gasteiger partial charge in [0.25, 0.3) is 5.91 Å². The first-order valence-electron chi connectivity index (χ1n) is 8.24. The van der Waals surface area contributed by atoms with Crippen molar-refractivity contribution in [2.45, 2.75) is 24.2 Å². The zero-order valence-electron chi connectivity index (χ0n) is 13.9. The van der Waals surface area contributed by atoms with Gasteiger partial charge in [-0.2, -0.15) is 4.31 Å². The Morgan fingerprint density at radius 2 is 1.73 bits per heavy atom. The average Bonchev–Trinajstić information content (AvgIpc) is 2.62. The number of carbonyl (C=O) groups is 1. The van der Waals surface area contributed by atoms with Crippen LogP contribution in [-0.4, -0.2) is 31.7 Å². The lowest BCUT2D eigenvalue weighted by Crippen LogP contribution is -2.35. The number of amides is 1. The fourth-order valence-electron chi connectivity index (χ4n) is 2.86. The molecule has 2 aromatic rings. The van der Waals surface area contributed by atoms with Crippen LogP contribution in [0.15, 0.2) is 47.4 Å². The first-order valence-corrected chi connectivity index (χ1v) is 10.4. The van der Waals surface area contributed by atoms with E-state index in [1.54, 1.807) is 18.2 Å². The first kappa shape index (κ1) is 19.2. The van der Waals surface area contributed by atoms with Gasteiger partial charge in [0.2, 0.25) is 10.0 Å². The van der Waals surface area contributed by atoms with E-state index in [2.05, 4.69) is 5.32 Å². The van der Waals surface area contributed by atoms with Crippen molar-refractivity contribution < 1.29 is 13.2 Å². The first-order chi connectivity index (χ1) is 12.4. The maximum absolute atomic E-state index is 12.8. The number of nitrogens with one attached hydrogen (secondary N) is 1. The molecule has 138 valence electrons. The van der Waals surface area contributed by atoms with Crippen LogP contribution in [0.3, 0.4) is 0 Å². The van der Waals surface area contributed by atoms with Crippen LogP contribution < -0.4 is 5.32 Å². The van der Waals surface area contributed by atoms with Crippen molar-refractivity contribution >= 4 is 44.8 Å². The SMILES string of the molecule is O=C(Nc1cccc(S(=O)(=O)N2CCCCC2)c1)c1ccc(Cl)cc1Cl. The number of carbonyl (C=O) groups excluding carboxylic acids is 1. The van der Waals surface area contributed by atoms with E-state index in [1.165, 1.54) is 28.6 Å². The summed E-state index contributed by atoms with van der Waals surface area (Å²) in [5.74, 6) is -0.431. The minimum absolute atomic E-state index is 0.166. The van der Waals surface area contributed by atoms with E-state index in [9.17, 15) is 13.2 Å². The van der Waals surface area contributed by atoms with Gasteiger partial charge in [0.15, 0.2) is 0 Å². The second kappa shape index (κ2) is 7.96. The summed E-state index contributed by atoms with van der Waals surface area (Å²) in [6.45, 7) is 1.05. The van der Waals surface area contributed by atoms with Crippen molar-refractivity contribution in [3.63, 3.8) is 0 Å². The zero-order chi connectivity index (χ0) is 18.7. The van der Waals surface area contributed by atoms with Gasteiger partial charge in [0.1, 0.15) is 0 Å². The Morgan fingerprint density at radius 1 is 1.00 bits per heavy atom. The molecule has 8 heteroatoms. The highest BCUT2D eigenvalue weighted by molar-refractivity contribution is 7.89. The summed E-state index contributed by atoms with van der Waals surface area (Å²) in [6.07, 6.45) is 2.78. The van der Waals surface area contributed by atoms with Crippen molar-refractivity contribution in [2.75, 3.05) is 18.4 Å². The highest BCUT2D eigenvalue weighted by Crippen LogP contribution is 2.25. The van der Waals surface area contributed by atoms with E-state index in [4.69, 9.17) is 23.2 Å². The zero-order valence-corrected chi connectivity index (χ0v) is 16.2. The van der Waals surface area contributed by atoms with Crippen LogP contribution in [0.5, 0.6) is 0 Å². The highest BCUT2D eigenvalue weighted by atomic mass is 35.5. The van der Waals surface area contributed by atoms with Gasteiger partial charge in [-0.1, -0.05) is 35.7 Å². The van der Waals surface area contributed by atoms with E-state index in [0.29, 0.717) is 23.8 Å². The molecule has 0 radical (unpaired) electrons. The Hall–Kier alpha value is -1.60. The van der Waals surface area contributed by atoms with Gasteiger partial charge in [-0.15, -0.1) is 0 Å². The normalized spacial score (nSPS) is 15.6. The number of sulfonamides is 1.